The lowest BCUT2D eigenvalue weighted by molar-refractivity contribution is 0.0920. The Balaban J connectivity index is 1.76. The zero-order chi connectivity index (χ0) is 13.5. The molecular weight excluding hydrogens is 262 g/mol. The number of ether oxygens (including phenoxy) is 1. The van der Waals surface area contributed by atoms with E-state index >= 15 is 0 Å². The van der Waals surface area contributed by atoms with Crippen LogP contribution in [0.3, 0.4) is 0 Å². The standard InChI is InChI=1S/C15H18ClNO2/c1-2-17-9-14-7-8-15(19-14)11-18-10-12-3-5-13(16)6-4-12/h3-8,17H,2,9-11H2,1H3. The molecule has 0 saturated carbocycles. The first-order valence-electron chi connectivity index (χ1n) is 6.38. The Morgan fingerprint density at radius 3 is 2.53 bits per heavy atom. The maximum Gasteiger partial charge on any atom is 0.129 e. The number of hydrogen-bond donors (Lipinski definition) is 1. The quantitative estimate of drug-likeness (QED) is 0.838. The van der Waals surface area contributed by atoms with Crippen LogP contribution in [0.1, 0.15) is 24.0 Å². The Morgan fingerprint density at radius 2 is 1.79 bits per heavy atom. The Hall–Kier alpha value is -1.29. The van der Waals surface area contributed by atoms with Crippen molar-refractivity contribution in [2.45, 2.75) is 26.7 Å². The van der Waals surface area contributed by atoms with Gasteiger partial charge in [-0.1, -0.05) is 30.7 Å². The molecule has 0 aliphatic rings. The minimum atomic E-state index is 0.481. The number of rotatable bonds is 7. The van der Waals surface area contributed by atoms with Gasteiger partial charge in [-0.05, 0) is 36.4 Å². The highest BCUT2D eigenvalue weighted by molar-refractivity contribution is 6.30. The van der Waals surface area contributed by atoms with Crippen LogP contribution in [0, 0.1) is 0 Å². The minimum Gasteiger partial charge on any atom is -0.462 e. The molecule has 1 N–H and O–H groups in total. The first kappa shape index (κ1) is 14.1. The van der Waals surface area contributed by atoms with E-state index < -0.39 is 0 Å². The van der Waals surface area contributed by atoms with Crippen molar-refractivity contribution < 1.29 is 9.15 Å². The highest BCUT2D eigenvalue weighted by Gasteiger charge is 2.02. The van der Waals surface area contributed by atoms with Crippen molar-refractivity contribution in [3.05, 3.63) is 58.5 Å². The number of nitrogens with one attached hydrogen (secondary N) is 1. The van der Waals surface area contributed by atoms with Gasteiger partial charge < -0.3 is 14.5 Å². The molecule has 0 spiro atoms. The summed E-state index contributed by atoms with van der Waals surface area (Å²) in [6.45, 7) is 4.80. The van der Waals surface area contributed by atoms with Crippen molar-refractivity contribution in [2.24, 2.45) is 0 Å². The lowest BCUT2D eigenvalue weighted by atomic mass is 10.2. The summed E-state index contributed by atoms with van der Waals surface area (Å²) < 4.78 is 11.2. The SMILES string of the molecule is CCNCc1ccc(COCc2ccc(Cl)cc2)o1. The van der Waals surface area contributed by atoms with Crippen LogP contribution in [0.2, 0.25) is 5.02 Å². The molecule has 0 saturated heterocycles. The van der Waals surface area contributed by atoms with Crippen LogP contribution >= 0.6 is 11.6 Å². The van der Waals surface area contributed by atoms with Gasteiger partial charge in [0.05, 0.1) is 13.2 Å². The predicted octanol–water partition coefficient (Wildman–Crippen LogP) is 3.76. The molecule has 102 valence electrons. The average Bonchev–Trinajstić information content (AvgIpc) is 2.87. The van der Waals surface area contributed by atoms with E-state index in [1.165, 1.54) is 0 Å². The predicted molar refractivity (Wildman–Crippen MR) is 76.0 cm³/mol. The molecule has 3 nitrogen and oxygen atoms in total. The number of halogens is 1. The lowest BCUT2D eigenvalue weighted by Gasteiger charge is -2.03. The maximum absolute atomic E-state index is 5.82. The summed E-state index contributed by atoms with van der Waals surface area (Å²) in [7, 11) is 0. The van der Waals surface area contributed by atoms with Crippen molar-refractivity contribution in [3.8, 4) is 0 Å². The highest BCUT2D eigenvalue weighted by Crippen LogP contribution is 2.13. The van der Waals surface area contributed by atoms with Crippen molar-refractivity contribution in [1.82, 2.24) is 5.32 Å². The van der Waals surface area contributed by atoms with Gasteiger partial charge in [0.1, 0.15) is 18.1 Å². The second-order valence-electron chi connectivity index (χ2n) is 4.27. The van der Waals surface area contributed by atoms with Gasteiger partial charge in [0.25, 0.3) is 0 Å². The van der Waals surface area contributed by atoms with E-state index in [9.17, 15) is 0 Å². The lowest BCUT2D eigenvalue weighted by Crippen LogP contribution is -2.10. The van der Waals surface area contributed by atoms with Crippen molar-refractivity contribution >= 4 is 11.6 Å². The average molecular weight is 280 g/mol. The molecule has 4 heteroatoms. The molecule has 0 amide bonds. The maximum atomic E-state index is 5.82. The van der Waals surface area contributed by atoms with E-state index in [1.807, 2.05) is 36.4 Å². The molecule has 0 unspecified atom stereocenters. The van der Waals surface area contributed by atoms with E-state index in [-0.39, 0.29) is 0 Å². The Morgan fingerprint density at radius 1 is 1.05 bits per heavy atom. The van der Waals surface area contributed by atoms with Crippen LogP contribution in [0.25, 0.3) is 0 Å². The van der Waals surface area contributed by atoms with Gasteiger partial charge in [0, 0.05) is 5.02 Å². The molecule has 19 heavy (non-hydrogen) atoms. The summed E-state index contributed by atoms with van der Waals surface area (Å²) in [6, 6.07) is 11.6. The van der Waals surface area contributed by atoms with E-state index in [0.29, 0.717) is 13.2 Å². The third-order valence-electron chi connectivity index (χ3n) is 2.69. The van der Waals surface area contributed by atoms with Gasteiger partial charge in [0.2, 0.25) is 0 Å². The molecule has 2 rings (SSSR count). The third-order valence-corrected chi connectivity index (χ3v) is 2.94. The normalized spacial score (nSPS) is 10.8. The zero-order valence-corrected chi connectivity index (χ0v) is 11.7. The fourth-order valence-corrected chi connectivity index (χ4v) is 1.82. The number of furan rings is 1. The molecule has 1 heterocycles. The molecule has 0 radical (unpaired) electrons. The van der Waals surface area contributed by atoms with Crippen molar-refractivity contribution in [1.29, 1.82) is 0 Å². The van der Waals surface area contributed by atoms with Gasteiger partial charge in [-0.25, -0.2) is 0 Å². The molecule has 0 atom stereocenters. The van der Waals surface area contributed by atoms with E-state index in [4.69, 9.17) is 20.8 Å². The summed E-state index contributed by atoms with van der Waals surface area (Å²) in [4.78, 5) is 0. The van der Waals surface area contributed by atoms with E-state index in [2.05, 4.69) is 12.2 Å². The van der Waals surface area contributed by atoms with Gasteiger partial charge in [-0.3, -0.25) is 0 Å². The Bertz CT molecular complexity index is 493. The Kier molecular flexibility index (Phi) is 5.45. The second-order valence-corrected chi connectivity index (χ2v) is 4.70. The van der Waals surface area contributed by atoms with Crippen LogP contribution in [0.5, 0.6) is 0 Å². The van der Waals surface area contributed by atoms with Crippen molar-refractivity contribution in [2.75, 3.05) is 6.54 Å². The van der Waals surface area contributed by atoms with Gasteiger partial charge in [-0.2, -0.15) is 0 Å². The molecule has 0 fully saturated rings. The second kappa shape index (κ2) is 7.34. The summed E-state index contributed by atoms with van der Waals surface area (Å²) >= 11 is 5.82. The van der Waals surface area contributed by atoms with Crippen LogP contribution in [-0.4, -0.2) is 6.54 Å². The zero-order valence-electron chi connectivity index (χ0n) is 11.0. The molecule has 0 bridgehead atoms. The fourth-order valence-electron chi connectivity index (χ4n) is 1.69. The summed E-state index contributed by atoms with van der Waals surface area (Å²) in [6.07, 6.45) is 0. The van der Waals surface area contributed by atoms with Crippen molar-refractivity contribution in [3.63, 3.8) is 0 Å². The third kappa shape index (κ3) is 4.71. The summed E-state index contributed by atoms with van der Waals surface area (Å²) in [5.41, 5.74) is 1.10. The summed E-state index contributed by atoms with van der Waals surface area (Å²) in [5, 5.41) is 3.96. The van der Waals surface area contributed by atoms with Crippen LogP contribution in [-0.2, 0) is 24.5 Å². The van der Waals surface area contributed by atoms with Crippen LogP contribution < -0.4 is 5.32 Å². The molecule has 1 aromatic heterocycles. The summed E-state index contributed by atoms with van der Waals surface area (Å²) in [5.74, 6) is 1.79. The fraction of sp³-hybridized carbons (Fsp3) is 0.333. The van der Waals surface area contributed by atoms with Gasteiger partial charge in [-0.15, -0.1) is 0 Å². The molecule has 1 aromatic carbocycles. The molecule has 2 aromatic rings. The van der Waals surface area contributed by atoms with E-state index in [1.54, 1.807) is 0 Å². The van der Waals surface area contributed by atoms with Crippen LogP contribution in [0.4, 0.5) is 0 Å². The van der Waals surface area contributed by atoms with E-state index in [0.717, 1.165) is 35.2 Å². The van der Waals surface area contributed by atoms with Crippen LogP contribution in [0.15, 0.2) is 40.8 Å². The molecular formula is C15H18ClNO2. The van der Waals surface area contributed by atoms with Gasteiger partial charge >= 0.3 is 0 Å². The van der Waals surface area contributed by atoms with Gasteiger partial charge in [0.15, 0.2) is 0 Å². The topological polar surface area (TPSA) is 34.4 Å². The number of hydrogen-bond acceptors (Lipinski definition) is 3. The monoisotopic (exact) mass is 279 g/mol. The highest BCUT2D eigenvalue weighted by atomic mass is 35.5. The minimum absolute atomic E-state index is 0.481. The molecule has 0 aliphatic carbocycles. The first-order valence-corrected chi connectivity index (χ1v) is 6.76. The largest absolute Gasteiger partial charge is 0.462 e. The smallest absolute Gasteiger partial charge is 0.129 e. The molecule has 0 aliphatic heterocycles. The Labute approximate surface area is 118 Å². The first-order chi connectivity index (χ1) is 9.28. The number of benzene rings is 1.